The van der Waals surface area contributed by atoms with Crippen LogP contribution in [0.4, 0.5) is 0 Å². The molecule has 10 heteroatoms. The average molecular weight is 422 g/mol. The van der Waals surface area contributed by atoms with Crippen LogP contribution < -0.4 is 10.9 Å². The van der Waals surface area contributed by atoms with E-state index in [9.17, 15) is 9.59 Å². The van der Waals surface area contributed by atoms with Gasteiger partial charge in [-0.15, -0.1) is 10.2 Å². The van der Waals surface area contributed by atoms with Crippen molar-refractivity contribution in [2.75, 3.05) is 5.75 Å². The summed E-state index contributed by atoms with van der Waals surface area (Å²) < 4.78 is 7.49. The van der Waals surface area contributed by atoms with Gasteiger partial charge in [-0.1, -0.05) is 41.6 Å². The van der Waals surface area contributed by atoms with Crippen LogP contribution in [-0.4, -0.2) is 37.3 Å². The monoisotopic (exact) mass is 422 g/mol. The van der Waals surface area contributed by atoms with E-state index < -0.39 is 0 Å². The SMILES string of the molecule is Cc1ccc(C(=O)NNC(=O)CSc2nnc(Cn3cnc4ccccc43)o2)cc1. The minimum absolute atomic E-state index is 0.0177. The Morgan fingerprint density at radius 2 is 1.87 bits per heavy atom. The third-order valence-electron chi connectivity index (χ3n) is 4.24. The zero-order chi connectivity index (χ0) is 20.9. The highest BCUT2D eigenvalue weighted by molar-refractivity contribution is 7.99. The van der Waals surface area contributed by atoms with Crippen molar-refractivity contribution in [3.8, 4) is 0 Å². The predicted molar refractivity (Wildman–Crippen MR) is 111 cm³/mol. The van der Waals surface area contributed by atoms with Crippen molar-refractivity contribution in [1.82, 2.24) is 30.6 Å². The van der Waals surface area contributed by atoms with Crippen molar-refractivity contribution in [2.24, 2.45) is 0 Å². The number of hydrazine groups is 1. The Bertz CT molecular complexity index is 1180. The van der Waals surface area contributed by atoms with Crippen LogP contribution in [0.1, 0.15) is 21.8 Å². The summed E-state index contributed by atoms with van der Waals surface area (Å²) in [5.74, 6) is -0.348. The molecule has 4 aromatic rings. The Morgan fingerprint density at radius 3 is 2.70 bits per heavy atom. The Hall–Kier alpha value is -3.66. The van der Waals surface area contributed by atoms with Gasteiger partial charge >= 0.3 is 0 Å². The van der Waals surface area contributed by atoms with Crippen LogP contribution in [0.5, 0.6) is 0 Å². The van der Waals surface area contributed by atoms with Gasteiger partial charge in [0.15, 0.2) is 0 Å². The Kier molecular flexibility index (Phi) is 5.75. The van der Waals surface area contributed by atoms with E-state index in [0.717, 1.165) is 28.4 Å². The van der Waals surface area contributed by atoms with E-state index in [1.807, 2.05) is 47.9 Å². The molecule has 2 amide bonds. The van der Waals surface area contributed by atoms with E-state index in [-0.39, 0.29) is 22.8 Å². The van der Waals surface area contributed by atoms with Crippen molar-refractivity contribution in [3.05, 3.63) is 71.9 Å². The molecule has 2 heterocycles. The first-order chi connectivity index (χ1) is 14.6. The second kappa shape index (κ2) is 8.78. The summed E-state index contributed by atoms with van der Waals surface area (Å²) in [5, 5.41) is 8.23. The fraction of sp³-hybridized carbons (Fsp3) is 0.150. The first-order valence-electron chi connectivity index (χ1n) is 9.09. The van der Waals surface area contributed by atoms with Gasteiger partial charge in [0.2, 0.25) is 11.8 Å². The summed E-state index contributed by atoms with van der Waals surface area (Å²) in [5.41, 5.74) is 8.11. The topological polar surface area (TPSA) is 115 Å². The predicted octanol–water partition coefficient (Wildman–Crippen LogP) is 2.33. The zero-order valence-electron chi connectivity index (χ0n) is 16.0. The molecule has 0 atom stereocenters. The number of imidazole rings is 1. The lowest BCUT2D eigenvalue weighted by Gasteiger charge is -2.06. The highest BCUT2D eigenvalue weighted by atomic mass is 32.2. The number of para-hydroxylation sites is 2. The number of rotatable bonds is 6. The van der Waals surface area contributed by atoms with Crippen LogP contribution in [0, 0.1) is 6.92 Å². The maximum absolute atomic E-state index is 12.0. The van der Waals surface area contributed by atoms with E-state index in [1.165, 1.54) is 0 Å². The van der Waals surface area contributed by atoms with E-state index in [2.05, 4.69) is 26.0 Å². The fourth-order valence-electron chi connectivity index (χ4n) is 2.71. The Balaban J connectivity index is 1.26. The van der Waals surface area contributed by atoms with E-state index in [0.29, 0.717) is 18.0 Å². The van der Waals surface area contributed by atoms with Gasteiger partial charge in [-0.2, -0.15) is 0 Å². The van der Waals surface area contributed by atoms with E-state index >= 15 is 0 Å². The number of amides is 2. The normalized spacial score (nSPS) is 10.8. The number of carbonyl (C=O) groups is 2. The molecule has 0 spiro atoms. The summed E-state index contributed by atoms with van der Waals surface area (Å²) in [4.78, 5) is 28.3. The number of nitrogens with one attached hydrogen (secondary N) is 2. The van der Waals surface area contributed by atoms with Crippen molar-refractivity contribution in [3.63, 3.8) is 0 Å². The van der Waals surface area contributed by atoms with Gasteiger partial charge in [0.25, 0.3) is 11.1 Å². The maximum atomic E-state index is 12.0. The minimum Gasteiger partial charge on any atom is -0.414 e. The molecule has 0 fully saturated rings. The molecule has 0 aliphatic rings. The smallest absolute Gasteiger partial charge is 0.277 e. The number of fused-ring (bicyclic) bond motifs is 1. The van der Waals surface area contributed by atoms with E-state index in [1.54, 1.807) is 18.5 Å². The second-order valence-corrected chi connectivity index (χ2v) is 7.41. The quantitative estimate of drug-likeness (QED) is 0.362. The molecule has 30 heavy (non-hydrogen) atoms. The molecule has 152 valence electrons. The van der Waals surface area contributed by atoms with Gasteiger partial charge in [-0.05, 0) is 31.2 Å². The number of carbonyl (C=O) groups excluding carboxylic acids is 2. The lowest BCUT2D eigenvalue weighted by molar-refractivity contribution is -0.119. The molecule has 0 unspecified atom stereocenters. The molecule has 2 N–H and O–H groups in total. The third-order valence-corrected chi connectivity index (χ3v) is 5.06. The van der Waals surface area contributed by atoms with Crippen LogP contribution in [0.15, 0.2) is 64.5 Å². The van der Waals surface area contributed by atoms with Gasteiger partial charge < -0.3 is 8.98 Å². The van der Waals surface area contributed by atoms with Gasteiger partial charge in [0.1, 0.15) is 6.54 Å². The largest absolute Gasteiger partial charge is 0.414 e. The summed E-state index contributed by atoms with van der Waals surface area (Å²) in [6.45, 7) is 2.31. The minimum atomic E-state index is -0.388. The zero-order valence-corrected chi connectivity index (χ0v) is 16.8. The first kappa shape index (κ1) is 19.6. The number of benzene rings is 2. The summed E-state index contributed by atoms with van der Waals surface area (Å²) in [7, 11) is 0. The van der Waals surface area contributed by atoms with Crippen LogP contribution in [0.2, 0.25) is 0 Å². The second-order valence-electron chi connectivity index (χ2n) is 6.48. The Morgan fingerprint density at radius 1 is 1.07 bits per heavy atom. The van der Waals surface area contributed by atoms with Gasteiger partial charge in [0, 0.05) is 5.56 Å². The Labute approximate surface area is 175 Å². The first-order valence-corrected chi connectivity index (χ1v) is 10.1. The van der Waals surface area contributed by atoms with Crippen molar-refractivity contribution >= 4 is 34.6 Å². The van der Waals surface area contributed by atoms with E-state index in [4.69, 9.17) is 4.42 Å². The molecule has 0 bridgehead atoms. The lowest BCUT2D eigenvalue weighted by atomic mass is 10.1. The molecule has 4 rings (SSSR count). The summed E-state index contributed by atoms with van der Waals surface area (Å²) in [6, 6.07) is 14.8. The van der Waals surface area contributed by atoms with Crippen LogP contribution >= 0.6 is 11.8 Å². The third kappa shape index (κ3) is 4.66. The van der Waals surface area contributed by atoms with Crippen LogP contribution in [0.3, 0.4) is 0 Å². The molecule has 0 radical (unpaired) electrons. The highest BCUT2D eigenvalue weighted by Crippen LogP contribution is 2.18. The molecule has 0 aliphatic heterocycles. The van der Waals surface area contributed by atoms with Crippen LogP contribution in [-0.2, 0) is 11.3 Å². The molecular formula is C20H18N6O3S. The molecule has 9 nitrogen and oxygen atoms in total. The van der Waals surface area contributed by atoms with Crippen LogP contribution in [0.25, 0.3) is 11.0 Å². The number of aryl methyl sites for hydroxylation is 1. The highest BCUT2D eigenvalue weighted by Gasteiger charge is 2.12. The maximum Gasteiger partial charge on any atom is 0.277 e. The summed E-state index contributed by atoms with van der Waals surface area (Å²) in [6.07, 6.45) is 1.71. The lowest BCUT2D eigenvalue weighted by Crippen LogP contribution is -2.42. The fourth-order valence-corrected chi connectivity index (χ4v) is 3.29. The molecule has 2 aromatic carbocycles. The number of nitrogens with zero attached hydrogens (tertiary/aromatic N) is 4. The molecule has 0 aliphatic carbocycles. The van der Waals surface area contributed by atoms with Gasteiger partial charge in [-0.3, -0.25) is 20.4 Å². The average Bonchev–Trinajstić information content (AvgIpc) is 3.38. The molecule has 2 aromatic heterocycles. The van der Waals surface area contributed by atoms with Crippen molar-refractivity contribution < 1.29 is 14.0 Å². The van der Waals surface area contributed by atoms with Gasteiger partial charge in [0.05, 0.1) is 23.1 Å². The standard InChI is InChI=1S/C20H18N6O3S/c1-13-6-8-14(9-7-13)19(28)24-22-17(27)11-30-20-25-23-18(29-20)10-26-12-21-15-4-2-3-5-16(15)26/h2-9,12H,10-11H2,1H3,(H,22,27)(H,24,28). The number of hydrogen-bond donors (Lipinski definition) is 2. The number of thioether (sulfide) groups is 1. The molecular weight excluding hydrogens is 404 g/mol. The van der Waals surface area contributed by atoms with Crippen molar-refractivity contribution in [1.29, 1.82) is 0 Å². The van der Waals surface area contributed by atoms with Crippen molar-refractivity contribution in [2.45, 2.75) is 18.7 Å². The molecule has 0 saturated heterocycles. The molecule has 0 saturated carbocycles. The number of aromatic nitrogens is 4. The summed E-state index contributed by atoms with van der Waals surface area (Å²) >= 11 is 1.09. The number of hydrogen-bond acceptors (Lipinski definition) is 7. The van der Waals surface area contributed by atoms with Gasteiger partial charge in [-0.25, -0.2) is 4.98 Å².